The highest BCUT2D eigenvalue weighted by Crippen LogP contribution is 2.26. The van der Waals surface area contributed by atoms with Crippen LogP contribution >= 0.6 is 15.9 Å². The third-order valence-corrected chi connectivity index (χ3v) is 3.80. The molecule has 2 aromatic rings. The van der Waals surface area contributed by atoms with Crippen LogP contribution in [0.25, 0.3) is 0 Å². The van der Waals surface area contributed by atoms with Crippen LogP contribution in [0.1, 0.15) is 21.5 Å². The lowest BCUT2D eigenvalue weighted by molar-refractivity contribution is 0.0697. The molecule has 4 nitrogen and oxygen atoms in total. The maximum Gasteiger partial charge on any atom is 0.335 e. The summed E-state index contributed by atoms with van der Waals surface area (Å²) in [6.45, 7) is 2.55. The van der Waals surface area contributed by atoms with E-state index in [1.807, 2.05) is 25.1 Å². The van der Waals surface area contributed by atoms with Crippen LogP contribution in [0.2, 0.25) is 0 Å². The fraction of sp³-hybridized carbons (Fsp3) is 0.188. The van der Waals surface area contributed by atoms with Gasteiger partial charge in [0.05, 0.1) is 17.1 Å². The predicted octanol–water partition coefficient (Wildman–Crippen LogP) is 4.08. The number of rotatable bonds is 5. The van der Waals surface area contributed by atoms with Crippen molar-refractivity contribution >= 4 is 27.6 Å². The van der Waals surface area contributed by atoms with E-state index < -0.39 is 5.97 Å². The van der Waals surface area contributed by atoms with Crippen molar-refractivity contribution in [1.29, 1.82) is 0 Å². The summed E-state index contributed by atoms with van der Waals surface area (Å²) in [5, 5.41) is 12.3. The maximum atomic E-state index is 11.0. The van der Waals surface area contributed by atoms with Gasteiger partial charge in [0.1, 0.15) is 5.75 Å². The number of aromatic carboxylic acids is 1. The van der Waals surface area contributed by atoms with E-state index in [9.17, 15) is 4.79 Å². The van der Waals surface area contributed by atoms with E-state index in [1.165, 1.54) is 0 Å². The van der Waals surface area contributed by atoms with Crippen molar-refractivity contribution in [2.24, 2.45) is 0 Å². The quantitative estimate of drug-likeness (QED) is 0.853. The molecule has 0 aliphatic rings. The average molecular weight is 350 g/mol. The van der Waals surface area contributed by atoms with Crippen LogP contribution in [0.15, 0.2) is 40.9 Å². The van der Waals surface area contributed by atoms with Crippen molar-refractivity contribution < 1.29 is 14.6 Å². The highest BCUT2D eigenvalue weighted by Gasteiger charge is 2.07. The molecule has 0 heterocycles. The number of carboxylic acids is 1. The summed E-state index contributed by atoms with van der Waals surface area (Å²) in [4.78, 5) is 11.0. The first kappa shape index (κ1) is 15.4. The van der Waals surface area contributed by atoms with Gasteiger partial charge in [-0.3, -0.25) is 0 Å². The van der Waals surface area contributed by atoms with Crippen LogP contribution in [0, 0.1) is 6.92 Å². The lowest BCUT2D eigenvalue weighted by Gasteiger charge is -2.11. The fourth-order valence-electron chi connectivity index (χ4n) is 1.96. The van der Waals surface area contributed by atoms with E-state index in [2.05, 4.69) is 21.2 Å². The van der Waals surface area contributed by atoms with Crippen LogP contribution in [0.4, 0.5) is 5.69 Å². The Hall–Kier alpha value is -2.01. The third-order valence-electron chi connectivity index (χ3n) is 3.18. The lowest BCUT2D eigenvalue weighted by Crippen LogP contribution is -2.04. The second kappa shape index (κ2) is 6.63. The number of ether oxygens (including phenoxy) is 1. The van der Waals surface area contributed by atoms with Crippen LogP contribution < -0.4 is 10.1 Å². The number of anilines is 1. The summed E-state index contributed by atoms with van der Waals surface area (Å²) in [6.07, 6.45) is 0. The second-order valence-electron chi connectivity index (χ2n) is 4.66. The van der Waals surface area contributed by atoms with E-state index in [1.54, 1.807) is 25.3 Å². The molecule has 0 atom stereocenters. The smallest absolute Gasteiger partial charge is 0.335 e. The minimum Gasteiger partial charge on any atom is -0.496 e. The second-order valence-corrected chi connectivity index (χ2v) is 5.51. The molecule has 0 unspecified atom stereocenters. The Morgan fingerprint density at radius 3 is 2.67 bits per heavy atom. The molecular weight excluding hydrogens is 334 g/mol. The topological polar surface area (TPSA) is 58.6 Å². The monoisotopic (exact) mass is 349 g/mol. The van der Waals surface area contributed by atoms with Crippen LogP contribution in [0.5, 0.6) is 5.75 Å². The fourth-order valence-corrected chi connectivity index (χ4v) is 2.55. The standard InChI is InChI=1S/C16H16BrNO3/c1-10-3-5-12(16(19)20)8-14(10)18-9-11-4-6-15(21-2)13(17)7-11/h3-8,18H,9H2,1-2H3,(H,19,20). The number of halogens is 1. The van der Waals surface area contributed by atoms with Gasteiger partial charge in [0.2, 0.25) is 0 Å². The zero-order valence-corrected chi connectivity index (χ0v) is 13.4. The molecule has 0 aromatic heterocycles. The van der Waals surface area contributed by atoms with Crippen molar-refractivity contribution in [1.82, 2.24) is 0 Å². The summed E-state index contributed by atoms with van der Waals surface area (Å²) in [5.74, 6) is -0.145. The van der Waals surface area contributed by atoms with Gasteiger partial charge < -0.3 is 15.2 Å². The number of hydrogen-bond donors (Lipinski definition) is 2. The molecule has 0 saturated carbocycles. The number of methoxy groups -OCH3 is 1. The number of benzene rings is 2. The van der Waals surface area contributed by atoms with Gasteiger partial charge >= 0.3 is 5.97 Å². The Morgan fingerprint density at radius 2 is 2.05 bits per heavy atom. The van der Waals surface area contributed by atoms with Crippen LogP contribution in [0.3, 0.4) is 0 Å². The summed E-state index contributed by atoms with van der Waals surface area (Å²) >= 11 is 3.45. The Balaban J connectivity index is 2.14. The van der Waals surface area contributed by atoms with Crippen molar-refractivity contribution in [3.63, 3.8) is 0 Å². The Labute approximate surface area is 131 Å². The van der Waals surface area contributed by atoms with Gasteiger partial charge in [-0.15, -0.1) is 0 Å². The molecule has 0 radical (unpaired) electrons. The molecule has 0 saturated heterocycles. The summed E-state index contributed by atoms with van der Waals surface area (Å²) < 4.78 is 6.08. The van der Waals surface area contributed by atoms with Crippen molar-refractivity contribution in [3.8, 4) is 5.75 Å². The van der Waals surface area contributed by atoms with Crippen molar-refractivity contribution in [2.75, 3.05) is 12.4 Å². The molecule has 2 N–H and O–H groups in total. The number of aryl methyl sites for hydroxylation is 1. The van der Waals surface area contributed by atoms with Gasteiger partial charge in [-0.1, -0.05) is 12.1 Å². The van der Waals surface area contributed by atoms with E-state index in [0.717, 1.165) is 27.0 Å². The number of hydrogen-bond acceptors (Lipinski definition) is 3. The summed E-state index contributed by atoms with van der Waals surface area (Å²) in [6, 6.07) is 10.9. The number of nitrogens with one attached hydrogen (secondary N) is 1. The molecule has 2 rings (SSSR count). The van der Waals surface area contributed by atoms with E-state index in [0.29, 0.717) is 6.54 Å². The molecular formula is C16H16BrNO3. The molecule has 5 heteroatoms. The SMILES string of the molecule is COc1ccc(CNc2cc(C(=O)O)ccc2C)cc1Br. The molecule has 21 heavy (non-hydrogen) atoms. The van der Waals surface area contributed by atoms with Gasteiger partial charge in [-0.05, 0) is 58.2 Å². The Morgan fingerprint density at radius 1 is 1.29 bits per heavy atom. The van der Waals surface area contributed by atoms with Gasteiger partial charge in [-0.2, -0.15) is 0 Å². The third kappa shape index (κ3) is 3.76. The van der Waals surface area contributed by atoms with E-state index in [-0.39, 0.29) is 5.56 Å². The van der Waals surface area contributed by atoms with Gasteiger partial charge in [-0.25, -0.2) is 4.79 Å². The van der Waals surface area contributed by atoms with Gasteiger partial charge in [0.25, 0.3) is 0 Å². The molecule has 0 fully saturated rings. The minimum atomic E-state index is -0.926. The van der Waals surface area contributed by atoms with E-state index in [4.69, 9.17) is 9.84 Å². The highest BCUT2D eigenvalue weighted by molar-refractivity contribution is 9.10. The first-order valence-corrected chi connectivity index (χ1v) is 7.21. The molecule has 0 aliphatic carbocycles. The number of carbonyl (C=O) groups is 1. The molecule has 110 valence electrons. The predicted molar refractivity (Wildman–Crippen MR) is 86.2 cm³/mol. The molecule has 0 amide bonds. The summed E-state index contributed by atoms with van der Waals surface area (Å²) in [7, 11) is 1.62. The molecule has 0 spiro atoms. The van der Waals surface area contributed by atoms with Gasteiger partial charge in [0, 0.05) is 12.2 Å². The maximum absolute atomic E-state index is 11.0. The molecule has 0 bridgehead atoms. The zero-order valence-electron chi connectivity index (χ0n) is 11.8. The Kier molecular flexibility index (Phi) is 4.85. The van der Waals surface area contributed by atoms with Crippen molar-refractivity contribution in [2.45, 2.75) is 13.5 Å². The van der Waals surface area contributed by atoms with Crippen LogP contribution in [-0.4, -0.2) is 18.2 Å². The lowest BCUT2D eigenvalue weighted by atomic mass is 10.1. The molecule has 2 aromatic carbocycles. The van der Waals surface area contributed by atoms with Gasteiger partial charge in [0.15, 0.2) is 0 Å². The highest BCUT2D eigenvalue weighted by atomic mass is 79.9. The first-order chi connectivity index (χ1) is 10.0. The van der Waals surface area contributed by atoms with E-state index >= 15 is 0 Å². The normalized spacial score (nSPS) is 10.2. The number of carboxylic acid groups (broad SMARTS) is 1. The Bertz CT molecular complexity index is 671. The summed E-state index contributed by atoms with van der Waals surface area (Å²) in [5.41, 5.74) is 3.18. The zero-order chi connectivity index (χ0) is 15.4. The largest absolute Gasteiger partial charge is 0.496 e. The first-order valence-electron chi connectivity index (χ1n) is 6.41. The average Bonchev–Trinajstić information content (AvgIpc) is 2.46. The van der Waals surface area contributed by atoms with Crippen molar-refractivity contribution in [3.05, 3.63) is 57.6 Å². The van der Waals surface area contributed by atoms with Crippen LogP contribution in [-0.2, 0) is 6.54 Å². The minimum absolute atomic E-state index is 0.277. The molecule has 0 aliphatic heterocycles.